The van der Waals surface area contributed by atoms with Crippen molar-refractivity contribution in [2.45, 2.75) is 13.0 Å². The zero-order valence-corrected chi connectivity index (χ0v) is 9.99. The van der Waals surface area contributed by atoms with E-state index in [1.54, 1.807) is 6.92 Å². The summed E-state index contributed by atoms with van der Waals surface area (Å²) in [5, 5.41) is 3.01. The van der Waals surface area contributed by atoms with E-state index in [-0.39, 0.29) is 41.4 Å². The Morgan fingerprint density at radius 1 is 1.71 bits per heavy atom. The van der Waals surface area contributed by atoms with Crippen molar-refractivity contribution in [3.63, 3.8) is 0 Å². The second-order valence-electron chi connectivity index (χ2n) is 3.01. The number of carbonyl (C=O) groups excluding carboxylic acids is 2. The lowest BCUT2D eigenvalue weighted by molar-refractivity contribution is -0.148. The number of methoxy groups -OCH3 is 1. The molecule has 0 aromatic rings. The summed E-state index contributed by atoms with van der Waals surface area (Å²) in [5.41, 5.74) is 0. The molecule has 1 N–H and O–H groups in total. The fraction of sp³-hybridized carbons (Fsp3) is 0.750. The number of carbonyl (C=O) groups is 2. The molecule has 82 valence electrons. The highest BCUT2D eigenvalue weighted by atomic mass is 79.9. The van der Waals surface area contributed by atoms with Gasteiger partial charge in [-0.3, -0.25) is 9.59 Å². The Balaban J connectivity index is 0.00000169. The van der Waals surface area contributed by atoms with Crippen LogP contribution in [0.3, 0.4) is 0 Å². The number of nitrogens with one attached hydrogen (secondary N) is 1. The van der Waals surface area contributed by atoms with Crippen LogP contribution in [0.2, 0.25) is 0 Å². The van der Waals surface area contributed by atoms with Crippen molar-refractivity contribution in [3.05, 3.63) is 0 Å². The van der Waals surface area contributed by atoms with Crippen molar-refractivity contribution in [1.29, 1.82) is 0 Å². The average Bonchev–Trinajstić information content (AvgIpc) is 2.13. The Hall–Kier alpha value is -0.620. The summed E-state index contributed by atoms with van der Waals surface area (Å²) in [4.78, 5) is 23.8. The first-order valence-electron chi connectivity index (χ1n) is 4.24. The second kappa shape index (κ2) is 5.98. The largest absolute Gasteiger partial charge is 0.468 e. The minimum absolute atomic E-state index is 0. The van der Waals surface area contributed by atoms with E-state index in [0.717, 1.165) is 6.54 Å². The highest BCUT2D eigenvalue weighted by molar-refractivity contribution is 8.93. The number of esters is 1. The van der Waals surface area contributed by atoms with Gasteiger partial charge in [-0.2, -0.15) is 0 Å². The molecule has 0 spiro atoms. The Labute approximate surface area is 93.5 Å². The van der Waals surface area contributed by atoms with E-state index < -0.39 is 0 Å². The second-order valence-corrected chi connectivity index (χ2v) is 3.01. The molecule has 0 aliphatic carbocycles. The van der Waals surface area contributed by atoms with Crippen LogP contribution >= 0.6 is 17.0 Å². The molecule has 0 aromatic heterocycles. The van der Waals surface area contributed by atoms with Gasteiger partial charge < -0.3 is 15.0 Å². The molecule has 1 rings (SSSR count). The van der Waals surface area contributed by atoms with Crippen molar-refractivity contribution in [2.75, 3.05) is 26.7 Å². The quantitative estimate of drug-likeness (QED) is 0.689. The highest BCUT2D eigenvalue weighted by Crippen LogP contribution is 2.00. The number of ether oxygens (including phenoxy) is 1. The van der Waals surface area contributed by atoms with Crippen LogP contribution in [0.15, 0.2) is 0 Å². The fourth-order valence-electron chi connectivity index (χ4n) is 1.26. The molecular formula is C8H15BrN2O3. The van der Waals surface area contributed by atoms with Gasteiger partial charge in [-0.1, -0.05) is 0 Å². The maximum atomic E-state index is 11.4. The summed E-state index contributed by atoms with van der Waals surface area (Å²) in [6.45, 7) is 3.13. The molecule has 0 aromatic carbocycles. The summed E-state index contributed by atoms with van der Waals surface area (Å²) < 4.78 is 4.48. The van der Waals surface area contributed by atoms with Crippen LogP contribution < -0.4 is 5.32 Å². The van der Waals surface area contributed by atoms with Gasteiger partial charge in [0.25, 0.3) is 0 Å². The topological polar surface area (TPSA) is 58.6 Å². The lowest BCUT2D eigenvalue weighted by atomic mass is 10.2. The van der Waals surface area contributed by atoms with E-state index in [0.29, 0.717) is 6.54 Å². The SMILES string of the molecule is Br.COC(=O)CN1CCNC(C)C1=O. The zero-order chi connectivity index (χ0) is 9.84. The molecular weight excluding hydrogens is 252 g/mol. The van der Waals surface area contributed by atoms with Crippen LogP contribution in [-0.2, 0) is 14.3 Å². The summed E-state index contributed by atoms with van der Waals surface area (Å²) in [7, 11) is 1.32. The smallest absolute Gasteiger partial charge is 0.325 e. The molecule has 1 fully saturated rings. The summed E-state index contributed by atoms with van der Waals surface area (Å²) in [6, 6.07) is -0.196. The van der Waals surface area contributed by atoms with Gasteiger partial charge in [0, 0.05) is 13.1 Å². The van der Waals surface area contributed by atoms with Crippen LogP contribution in [0.1, 0.15) is 6.92 Å². The summed E-state index contributed by atoms with van der Waals surface area (Å²) in [5.74, 6) is -0.417. The van der Waals surface area contributed by atoms with Crippen molar-refractivity contribution >= 4 is 28.9 Å². The van der Waals surface area contributed by atoms with Crippen LogP contribution in [0, 0.1) is 0 Å². The van der Waals surface area contributed by atoms with Crippen LogP contribution in [0.25, 0.3) is 0 Å². The number of hydrogen-bond acceptors (Lipinski definition) is 4. The predicted molar refractivity (Wildman–Crippen MR) is 56.4 cm³/mol. The first kappa shape index (κ1) is 13.4. The number of rotatable bonds is 2. The van der Waals surface area contributed by atoms with Gasteiger partial charge in [0.1, 0.15) is 6.54 Å². The van der Waals surface area contributed by atoms with Gasteiger partial charge in [0.05, 0.1) is 13.2 Å². The molecule has 1 unspecified atom stereocenters. The lowest BCUT2D eigenvalue weighted by Gasteiger charge is -2.30. The first-order valence-corrected chi connectivity index (χ1v) is 4.24. The van der Waals surface area contributed by atoms with Crippen molar-refractivity contribution in [1.82, 2.24) is 10.2 Å². The highest BCUT2D eigenvalue weighted by Gasteiger charge is 2.26. The molecule has 1 saturated heterocycles. The van der Waals surface area contributed by atoms with Crippen LogP contribution in [-0.4, -0.2) is 49.6 Å². The Bertz CT molecular complexity index is 223. The molecule has 5 nitrogen and oxygen atoms in total. The van der Waals surface area contributed by atoms with E-state index in [2.05, 4.69) is 10.1 Å². The molecule has 6 heteroatoms. The Morgan fingerprint density at radius 2 is 2.36 bits per heavy atom. The molecule has 14 heavy (non-hydrogen) atoms. The summed E-state index contributed by atoms with van der Waals surface area (Å²) >= 11 is 0. The van der Waals surface area contributed by atoms with Crippen LogP contribution in [0.4, 0.5) is 0 Å². The van der Waals surface area contributed by atoms with Crippen molar-refractivity contribution in [2.24, 2.45) is 0 Å². The third kappa shape index (κ3) is 3.26. The van der Waals surface area contributed by atoms with Gasteiger partial charge in [-0.05, 0) is 6.92 Å². The molecule has 1 aliphatic heterocycles. The van der Waals surface area contributed by atoms with E-state index in [1.165, 1.54) is 12.0 Å². The third-order valence-electron chi connectivity index (χ3n) is 2.06. The monoisotopic (exact) mass is 266 g/mol. The van der Waals surface area contributed by atoms with E-state index >= 15 is 0 Å². The maximum absolute atomic E-state index is 11.4. The number of nitrogens with zero attached hydrogens (tertiary/aromatic N) is 1. The van der Waals surface area contributed by atoms with Gasteiger partial charge in [0.2, 0.25) is 5.91 Å². The maximum Gasteiger partial charge on any atom is 0.325 e. The minimum Gasteiger partial charge on any atom is -0.468 e. The minimum atomic E-state index is -0.373. The van der Waals surface area contributed by atoms with E-state index in [9.17, 15) is 9.59 Å². The van der Waals surface area contributed by atoms with Gasteiger partial charge in [-0.15, -0.1) is 17.0 Å². The number of amides is 1. The molecule has 0 bridgehead atoms. The van der Waals surface area contributed by atoms with Crippen molar-refractivity contribution < 1.29 is 14.3 Å². The molecule has 1 aliphatic rings. The Kier molecular flexibility index (Phi) is 5.71. The van der Waals surface area contributed by atoms with E-state index in [1.807, 2.05) is 0 Å². The van der Waals surface area contributed by atoms with E-state index in [4.69, 9.17) is 0 Å². The first-order chi connectivity index (χ1) is 6.15. The zero-order valence-electron chi connectivity index (χ0n) is 8.28. The fourth-order valence-corrected chi connectivity index (χ4v) is 1.26. The average molecular weight is 267 g/mol. The molecule has 0 saturated carbocycles. The number of halogens is 1. The summed E-state index contributed by atoms with van der Waals surface area (Å²) in [6.07, 6.45) is 0. The number of piperazine rings is 1. The molecule has 0 radical (unpaired) electrons. The third-order valence-corrected chi connectivity index (χ3v) is 2.06. The standard InChI is InChI=1S/C8H14N2O3.BrH/c1-6-8(12)10(4-3-9-6)5-7(11)13-2;/h6,9H,3-5H2,1-2H3;1H. The molecule has 1 atom stereocenters. The van der Waals surface area contributed by atoms with Crippen LogP contribution in [0.5, 0.6) is 0 Å². The molecule has 1 amide bonds. The lowest BCUT2D eigenvalue weighted by Crippen LogP contribution is -2.54. The van der Waals surface area contributed by atoms with Gasteiger partial charge >= 0.3 is 5.97 Å². The normalized spacial score (nSPS) is 21.4. The number of hydrogen-bond donors (Lipinski definition) is 1. The van der Waals surface area contributed by atoms with Crippen molar-refractivity contribution in [3.8, 4) is 0 Å². The molecule has 1 heterocycles. The van der Waals surface area contributed by atoms with Gasteiger partial charge in [0.15, 0.2) is 0 Å². The Morgan fingerprint density at radius 3 is 2.93 bits per heavy atom. The predicted octanol–water partition coefficient (Wildman–Crippen LogP) is -0.442. The van der Waals surface area contributed by atoms with Gasteiger partial charge in [-0.25, -0.2) is 0 Å².